The number of benzene rings is 1. The minimum absolute atomic E-state index is 0.0261. The number of fused-ring (bicyclic) bond motifs is 1. The highest BCUT2D eigenvalue weighted by atomic mass is 32.2. The van der Waals surface area contributed by atoms with Crippen molar-refractivity contribution in [2.45, 2.75) is 25.2 Å². The minimum Gasteiger partial charge on any atom is -0.396 e. The summed E-state index contributed by atoms with van der Waals surface area (Å²) in [6, 6.07) is 3.61. The van der Waals surface area contributed by atoms with Gasteiger partial charge in [-0.05, 0) is 37.5 Å². The Bertz CT molecular complexity index is 623. The zero-order valence-corrected chi connectivity index (χ0v) is 11.7. The molecule has 2 rings (SSSR count). The van der Waals surface area contributed by atoms with Gasteiger partial charge in [-0.15, -0.1) is 0 Å². The van der Waals surface area contributed by atoms with Crippen LogP contribution in [-0.2, 0) is 10.0 Å². The van der Waals surface area contributed by atoms with Crippen molar-refractivity contribution in [3.05, 3.63) is 23.3 Å². The Labute approximate surface area is 112 Å². The third-order valence-electron chi connectivity index (χ3n) is 2.76. The number of aliphatic imine (C=N–C) groups is 1. The number of aliphatic hydroxyl groups is 1. The number of guanidine groups is 1. The van der Waals surface area contributed by atoms with Gasteiger partial charge in [-0.25, -0.2) is 13.1 Å². The second-order valence-corrected chi connectivity index (χ2v) is 6.12. The number of aryl methyl sites for hydroxylation is 2. The molecular formula is C12H17N3O3S. The Balaban J connectivity index is 2.42. The molecule has 1 aliphatic rings. The first kappa shape index (κ1) is 13.8. The minimum atomic E-state index is -3.58. The lowest BCUT2D eigenvalue weighted by molar-refractivity contribution is 0.291. The average molecular weight is 283 g/mol. The van der Waals surface area contributed by atoms with Gasteiger partial charge in [-0.3, -0.25) is 4.99 Å². The van der Waals surface area contributed by atoms with Crippen molar-refractivity contribution in [2.24, 2.45) is 4.99 Å². The summed E-state index contributed by atoms with van der Waals surface area (Å²) in [5, 5.41) is 11.7. The first-order chi connectivity index (χ1) is 8.94. The molecular weight excluding hydrogens is 266 g/mol. The summed E-state index contributed by atoms with van der Waals surface area (Å²) in [5.74, 6) is 0.200. The van der Waals surface area contributed by atoms with Gasteiger partial charge in [0, 0.05) is 13.2 Å². The maximum absolute atomic E-state index is 12.2. The lowest BCUT2D eigenvalue weighted by Gasteiger charge is -2.23. The number of nitrogens with zero attached hydrogens (tertiary/aromatic N) is 1. The van der Waals surface area contributed by atoms with E-state index in [0.717, 1.165) is 5.56 Å². The van der Waals surface area contributed by atoms with Gasteiger partial charge in [0.2, 0.25) is 5.96 Å². The lowest BCUT2D eigenvalue weighted by Crippen LogP contribution is -2.41. The first-order valence-electron chi connectivity index (χ1n) is 6.00. The zero-order valence-electron chi connectivity index (χ0n) is 10.9. The van der Waals surface area contributed by atoms with Crippen LogP contribution in [0, 0.1) is 13.8 Å². The van der Waals surface area contributed by atoms with E-state index in [0.29, 0.717) is 24.2 Å². The molecule has 0 bridgehead atoms. The van der Waals surface area contributed by atoms with Gasteiger partial charge in [-0.2, -0.15) is 0 Å². The number of hydrogen-bond acceptors (Lipinski definition) is 4. The van der Waals surface area contributed by atoms with E-state index < -0.39 is 10.0 Å². The molecule has 1 heterocycles. The number of hydrogen-bond donors (Lipinski definition) is 3. The van der Waals surface area contributed by atoms with E-state index >= 15 is 0 Å². The molecule has 0 spiro atoms. The zero-order chi connectivity index (χ0) is 14.0. The van der Waals surface area contributed by atoms with Gasteiger partial charge in [0.05, 0.1) is 5.69 Å². The summed E-state index contributed by atoms with van der Waals surface area (Å²) < 4.78 is 26.7. The predicted molar refractivity (Wildman–Crippen MR) is 73.9 cm³/mol. The van der Waals surface area contributed by atoms with Crippen molar-refractivity contribution in [3.8, 4) is 0 Å². The Morgan fingerprint density at radius 2 is 2.05 bits per heavy atom. The quantitative estimate of drug-likeness (QED) is 0.714. The highest BCUT2D eigenvalue weighted by Gasteiger charge is 2.28. The molecule has 0 saturated carbocycles. The normalized spacial score (nSPS) is 18.6. The second kappa shape index (κ2) is 5.18. The van der Waals surface area contributed by atoms with Gasteiger partial charge >= 0.3 is 0 Å². The number of nitrogens with one attached hydrogen (secondary N) is 2. The Morgan fingerprint density at radius 1 is 1.32 bits per heavy atom. The first-order valence-corrected chi connectivity index (χ1v) is 7.49. The van der Waals surface area contributed by atoms with Gasteiger partial charge in [0.15, 0.2) is 0 Å². The van der Waals surface area contributed by atoms with E-state index in [1.54, 1.807) is 13.0 Å². The van der Waals surface area contributed by atoms with Crippen molar-refractivity contribution < 1.29 is 13.5 Å². The molecule has 7 heteroatoms. The third kappa shape index (κ3) is 2.87. The van der Waals surface area contributed by atoms with Gasteiger partial charge < -0.3 is 10.4 Å². The molecule has 1 aliphatic heterocycles. The van der Waals surface area contributed by atoms with Gasteiger partial charge in [0.1, 0.15) is 4.90 Å². The van der Waals surface area contributed by atoms with Crippen LogP contribution >= 0.6 is 0 Å². The van der Waals surface area contributed by atoms with Gasteiger partial charge in [-0.1, -0.05) is 6.07 Å². The summed E-state index contributed by atoms with van der Waals surface area (Å²) in [5.41, 5.74) is 2.22. The van der Waals surface area contributed by atoms with Crippen LogP contribution in [0.15, 0.2) is 22.0 Å². The standard InChI is InChI=1S/C12H17N3O3S/c1-8-6-9(2)11-10(7-8)14-12(13-4-3-5-16)15-19(11,17)18/h6-7,16H,3-5H2,1-2H3,(H2,13,14,15). The van der Waals surface area contributed by atoms with Crippen LogP contribution < -0.4 is 10.0 Å². The molecule has 0 atom stereocenters. The Kier molecular flexibility index (Phi) is 3.77. The van der Waals surface area contributed by atoms with Crippen molar-refractivity contribution in [1.29, 1.82) is 0 Å². The van der Waals surface area contributed by atoms with Crippen LogP contribution in [0.3, 0.4) is 0 Å². The van der Waals surface area contributed by atoms with E-state index in [2.05, 4.69) is 15.0 Å². The lowest BCUT2D eigenvalue weighted by atomic mass is 10.1. The van der Waals surface area contributed by atoms with E-state index in [9.17, 15) is 8.42 Å². The Morgan fingerprint density at radius 3 is 2.74 bits per heavy atom. The molecule has 1 aromatic carbocycles. The van der Waals surface area contributed by atoms with Crippen LogP contribution in [0.4, 0.5) is 5.69 Å². The highest BCUT2D eigenvalue weighted by Crippen LogP contribution is 2.29. The fraction of sp³-hybridized carbons (Fsp3) is 0.417. The molecule has 1 aromatic rings. The molecule has 0 aliphatic carbocycles. The smallest absolute Gasteiger partial charge is 0.266 e. The predicted octanol–water partition coefficient (Wildman–Crippen LogP) is 0.746. The summed E-state index contributed by atoms with van der Waals surface area (Å²) in [6.45, 7) is 4.06. The van der Waals surface area contributed by atoms with Crippen LogP contribution in [0.2, 0.25) is 0 Å². The van der Waals surface area contributed by atoms with E-state index in [1.165, 1.54) is 0 Å². The molecule has 0 unspecified atom stereocenters. The van der Waals surface area contributed by atoms with Crippen molar-refractivity contribution in [3.63, 3.8) is 0 Å². The summed E-state index contributed by atoms with van der Waals surface area (Å²) in [6.07, 6.45) is 0.493. The molecule has 0 radical (unpaired) electrons. The molecule has 0 fully saturated rings. The monoisotopic (exact) mass is 283 g/mol. The third-order valence-corrected chi connectivity index (χ3v) is 4.30. The van der Waals surface area contributed by atoms with E-state index in [4.69, 9.17) is 5.11 Å². The average Bonchev–Trinajstić information content (AvgIpc) is 2.26. The van der Waals surface area contributed by atoms with Crippen molar-refractivity contribution in [1.82, 2.24) is 4.72 Å². The number of rotatable bonds is 3. The molecule has 6 nitrogen and oxygen atoms in total. The van der Waals surface area contributed by atoms with Crippen LogP contribution in [0.25, 0.3) is 0 Å². The molecule has 104 valence electrons. The summed E-state index contributed by atoms with van der Waals surface area (Å²) >= 11 is 0. The van der Waals surface area contributed by atoms with Crippen LogP contribution in [0.1, 0.15) is 17.5 Å². The van der Waals surface area contributed by atoms with Crippen molar-refractivity contribution >= 4 is 21.7 Å². The SMILES string of the molecule is Cc1cc(C)c2c(c1)NC(=NCCCO)NS2(=O)=O. The molecule has 0 aromatic heterocycles. The molecule has 0 saturated heterocycles. The number of anilines is 1. The largest absolute Gasteiger partial charge is 0.396 e. The van der Waals surface area contributed by atoms with Gasteiger partial charge in [0.25, 0.3) is 10.0 Å². The number of sulfonamides is 1. The highest BCUT2D eigenvalue weighted by molar-refractivity contribution is 7.90. The van der Waals surface area contributed by atoms with E-state index in [1.807, 2.05) is 13.0 Å². The molecule has 3 N–H and O–H groups in total. The molecule has 19 heavy (non-hydrogen) atoms. The van der Waals surface area contributed by atoms with Crippen LogP contribution in [-0.4, -0.2) is 32.6 Å². The van der Waals surface area contributed by atoms with E-state index in [-0.39, 0.29) is 17.5 Å². The topological polar surface area (TPSA) is 90.8 Å². The number of aliphatic hydroxyl groups excluding tert-OH is 1. The van der Waals surface area contributed by atoms with Crippen molar-refractivity contribution in [2.75, 3.05) is 18.5 Å². The summed E-state index contributed by atoms with van der Waals surface area (Å²) in [7, 11) is -3.58. The fourth-order valence-corrected chi connectivity index (χ4v) is 3.42. The fourth-order valence-electron chi connectivity index (χ4n) is 2.07. The Hall–Kier alpha value is -1.60. The second-order valence-electron chi connectivity index (χ2n) is 4.50. The summed E-state index contributed by atoms with van der Waals surface area (Å²) in [4.78, 5) is 4.35. The van der Waals surface area contributed by atoms with Crippen LogP contribution in [0.5, 0.6) is 0 Å². The molecule has 0 amide bonds. The maximum atomic E-state index is 12.2. The maximum Gasteiger partial charge on any atom is 0.266 e.